The van der Waals surface area contributed by atoms with Gasteiger partial charge in [0.2, 0.25) is 0 Å². The van der Waals surface area contributed by atoms with E-state index in [1.807, 2.05) is 54.6 Å². The zero-order valence-electron chi connectivity index (χ0n) is 12.7. The molecule has 6 nitrogen and oxygen atoms in total. The zero-order chi connectivity index (χ0) is 17.9. The third kappa shape index (κ3) is 7.73. The highest BCUT2D eigenvalue weighted by Crippen LogP contribution is 2.12. The molecule has 0 radical (unpaired) electrons. The summed E-state index contributed by atoms with van der Waals surface area (Å²) < 4.78 is 0. The number of halogens is 1. The van der Waals surface area contributed by atoms with Gasteiger partial charge in [-0.25, -0.2) is 9.59 Å². The van der Waals surface area contributed by atoms with Crippen LogP contribution in [0.4, 0.5) is 0 Å². The monoisotopic (exact) mass is 351 g/mol. The van der Waals surface area contributed by atoms with Gasteiger partial charge in [0.15, 0.2) is 0 Å². The molecule has 4 N–H and O–H groups in total. The Morgan fingerprint density at radius 3 is 2.17 bits per heavy atom. The maximum absolute atomic E-state index is 9.96. The van der Waals surface area contributed by atoms with Crippen LogP contribution >= 0.6 is 11.6 Å². The zero-order valence-corrected chi connectivity index (χ0v) is 13.5. The molecule has 7 heteroatoms. The molecular formula is C17H18ClNO5. The highest BCUT2D eigenvalue weighted by atomic mass is 35.5. The molecule has 0 saturated heterocycles. The molecular weight excluding hydrogens is 334 g/mol. The first kappa shape index (κ1) is 19.6. The average molecular weight is 352 g/mol. The Morgan fingerprint density at radius 2 is 1.62 bits per heavy atom. The van der Waals surface area contributed by atoms with Crippen LogP contribution in [0.5, 0.6) is 0 Å². The fourth-order valence-corrected chi connectivity index (χ4v) is 2.01. The minimum atomic E-state index is -1.82. The summed E-state index contributed by atoms with van der Waals surface area (Å²) in [6, 6.07) is 17.3. The van der Waals surface area contributed by atoms with Gasteiger partial charge in [0.05, 0.1) is 6.10 Å². The van der Waals surface area contributed by atoms with Crippen molar-refractivity contribution < 1.29 is 24.9 Å². The van der Waals surface area contributed by atoms with Crippen LogP contribution < -0.4 is 5.32 Å². The Kier molecular flexibility index (Phi) is 8.49. The van der Waals surface area contributed by atoms with Crippen molar-refractivity contribution in [1.29, 1.82) is 0 Å². The van der Waals surface area contributed by atoms with Crippen LogP contribution in [0.2, 0.25) is 5.02 Å². The van der Waals surface area contributed by atoms with E-state index in [1.165, 1.54) is 0 Å². The second kappa shape index (κ2) is 10.4. The van der Waals surface area contributed by atoms with Gasteiger partial charge in [-0.1, -0.05) is 54.1 Å². The molecule has 0 aliphatic rings. The number of aliphatic carboxylic acids is 2. The van der Waals surface area contributed by atoms with Crippen LogP contribution in [-0.2, 0) is 16.1 Å². The quantitative estimate of drug-likeness (QED) is 0.616. The van der Waals surface area contributed by atoms with E-state index in [-0.39, 0.29) is 0 Å². The second-order valence-corrected chi connectivity index (χ2v) is 5.23. The highest BCUT2D eigenvalue weighted by molar-refractivity contribution is 6.30. The number of hydrogen-bond acceptors (Lipinski definition) is 4. The largest absolute Gasteiger partial charge is 0.473 e. The fraction of sp³-hybridized carbons (Fsp3) is 0.176. The number of carbonyl (C=O) groups is 2. The first-order valence-electron chi connectivity index (χ1n) is 7.04. The summed E-state index contributed by atoms with van der Waals surface area (Å²) in [5, 5.41) is 28.7. The van der Waals surface area contributed by atoms with Crippen LogP contribution in [0.1, 0.15) is 17.2 Å². The van der Waals surface area contributed by atoms with Crippen LogP contribution in [-0.4, -0.2) is 33.8 Å². The number of carboxylic acids is 2. The first-order chi connectivity index (χ1) is 11.4. The van der Waals surface area contributed by atoms with Crippen LogP contribution in [0, 0.1) is 0 Å². The van der Waals surface area contributed by atoms with E-state index in [0.717, 1.165) is 16.1 Å². The number of benzene rings is 2. The smallest absolute Gasteiger partial charge is 0.414 e. The Morgan fingerprint density at radius 1 is 1.00 bits per heavy atom. The lowest BCUT2D eigenvalue weighted by molar-refractivity contribution is -0.159. The van der Waals surface area contributed by atoms with Crippen molar-refractivity contribution in [2.24, 2.45) is 0 Å². The lowest BCUT2D eigenvalue weighted by Gasteiger charge is -2.12. The van der Waals surface area contributed by atoms with Gasteiger partial charge in [-0.3, -0.25) is 0 Å². The Balaban J connectivity index is 0.000000413. The summed E-state index contributed by atoms with van der Waals surface area (Å²) in [4.78, 5) is 18.2. The number of aliphatic hydroxyl groups is 1. The van der Waals surface area contributed by atoms with E-state index in [2.05, 4.69) is 5.32 Å². The van der Waals surface area contributed by atoms with Gasteiger partial charge in [-0.05, 0) is 23.3 Å². The van der Waals surface area contributed by atoms with Crippen LogP contribution in [0.3, 0.4) is 0 Å². The molecule has 128 valence electrons. The molecule has 24 heavy (non-hydrogen) atoms. The summed E-state index contributed by atoms with van der Waals surface area (Å²) in [6.45, 7) is 1.22. The minimum Gasteiger partial charge on any atom is -0.473 e. The predicted octanol–water partition coefficient (Wildman–Crippen LogP) is 2.32. The van der Waals surface area contributed by atoms with Crippen molar-refractivity contribution in [3.05, 3.63) is 70.7 Å². The van der Waals surface area contributed by atoms with Crippen molar-refractivity contribution in [1.82, 2.24) is 5.32 Å². The Labute approximate surface area is 144 Å². The highest BCUT2D eigenvalue weighted by Gasteiger charge is 2.05. The molecule has 0 fully saturated rings. The van der Waals surface area contributed by atoms with Gasteiger partial charge in [0, 0.05) is 18.1 Å². The maximum Gasteiger partial charge on any atom is 0.414 e. The average Bonchev–Trinajstić information content (AvgIpc) is 2.56. The van der Waals surface area contributed by atoms with E-state index < -0.39 is 18.0 Å². The summed E-state index contributed by atoms with van der Waals surface area (Å²) in [5.74, 6) is -3.65. The van der Waals surface area contributed by atoms with Crippen molar-refractivity contribution in [2.45, 2.75) is 12.6 Å². The lowest BCUT2D eigenvalue weighted by atomic mass is 10.1. The molecule has 0 saturated carbocycles. The van der Waals surface area contributed by atoms with Gasteiger partial charge in [0.1, 0.15) is 0 Å². The van der Waals surface area contributed by atoms with Crippen LogP contribution in [0.25, 0.3) is 0 Å². The SMILES string of the molecule is O=C(O)C(=O)O.OC(CNCc1cccc(Cl)c1)c1ccccc1. The number of rotatable bonds is 5. The first-order valence-corrected chi connectivity index (χ1v) is 7.42. The standard InChI is InChI=1S/C15H16ClNO.C2H2O4/c16-14-8-4-5-12(9-14)10-17-11-15(18)13-6-2-1-3-7-13;3-1(4)2(5)6/h1-9,15,17-18H,10-11H2;(H,3,4)(H,5,6). The summed E-state index contributed by atoms with van der Waals surface area (Å²) in [5.41, 5.74) is 2.04. The molecule has 0 aliphatic heterocycles. The summed E-state index contributed by atoms with van der Waals surface area (Å²) >= 11 is 5.91. The van der Waals surface area contributed by atoms with Gasteiger partial charge >= 0.3 is 11.9 Å². The van der Waals surface area contributed by atoms with Crippen molar-refractivity contribution in [2.75, 3.05) is 6.54 Å². The second-order valence-electron chi connectivity index (χ2n) is 4.80. The number of aliphatic hydroxyl groups excluding tert-OH is 1. The van der Waals surface area contributed by atoms with Gasteiger partial charge in [-0.15, -0.1) is 0 Å². The van der Waals surface area contributed by atoms with E-state index in [4.69, 9.17) is 31.4 Å². The third-order valence-electron chi connectivity index (χ3n) is 2.92. The van der Waals surface area contributed by atoms with Gasteiger partial charge in [-0.2, -0.15) is 0 Å². The normalized spacial score (nSPS) is 11.1. The van der Waals surface area contributed by atoms with Gasteiger partial charge in [0.25, 0.3) is 0 Å². The maximum atomic E-state index is 9.96. The summed E-state index contributed by atoms with van der Waals surface area (Å²) in [6.07, 6.45) is -0.481. The molecule has 0 bridgehead atoms. The molecule has 2 rings (SSSR count). The van der Waals surface area contributed by atoms with Crippen molar-refractivity contribution in [3.8, 4) is 0 Å². The lowest BCUT2D eigenvalue weighted by Crippen LogP contribution is -2.20. The van der Waals surface area contributed by atoms with Crippen molar-refractivity contribution >= 4 is 23.5 Å². The number of nitrogens with one attached hydrogen (secondary N) is 1. The van der Waals surface area contributed by atoms with E-state index in [0.29, 0.717) is 13.1 Å². The van der Waals surface area contributed by atoms with E-state index in [1.54, 1.807) is 0 Å². The van der Waals surface area contributed by atoms with Crippen molar-refractivity contribution in [3.63, 3.8) is 0 Å². The minimum absolute atomic E-state index is 0.481. The van der Waals surface area contributed by atoms with Crippen LogP contribution in [0.15, 0.2) is 54.6 Å². The molecule has 0 amide bonds. The molecule has 2 aromatic rings. The predicted molar refractivity (Wildman–Crippen MR) is 89.8 cm³/mol. The Hall–Kier alpha value is -2.41. The van der Waals surface area contributed by atoms with E-state index in [9.17, 15) is 5.11 Å². The molecule has 0 aromatic heterocycles. The molecule has 1 unspecified atom stereocenters. The number of carboxylic acid groups (broad SMARTS) is 2. The number of hydrogen-bond donors (Lipinski definition) is 4. The van der Waals surface area contributed by atoms with E-state index >= 15 is 0 Å². The molecule has 0 aliphatic carbocycles. The summed E-state index contributed by atoms with van der Waals surface area (Å²) in [7, 11) is 0. The third-order valence-corrected chi connectivity index (χ3v) is 3.16. The fourth-order valence-electron chi connectivity index (χ4n) is 1.79. The molecule has 1 atom stereocenters. The molecule has 2 aromatic carbocycles. The topological polar surface area (TPSA) is 107 Å². The Bertz CT molecular complexity index is 651. The van der Waals surface area contributed by atoms with Gasteiger partial charge < -0.3 is 20.6 Å². The molecule has 0 heterocycles. The molecule has 0 spiro atoms.